The van der Waals surface area contributed by atoms with Crippen LogP contribution in [-0.2, 0) is 11.2 Å². The van der Waals surface area contributed by atoms with E-state index in [0.717, 1.165) is 17.8 Å². The molecule has 0 spiro atoms. The normalized spacial score (nSPS) is 19.3. The Labute approximate surface area is 188 Å². The van der Waals surface area contributed by atoms with E-state index in [0.29, 0.717) is 21.9 Å². The SMILES string of the molecule is C[C@@H]1Cc2ccccc2N1C(=O)C[C@H]1CSc2nc3c(cnn3-c3ccccc3)c(=O)n21. The van der Waals surface area contributed by atoms with Gasteiger partial charge in [-0.15, -0.1) is 0 Å². The van der Waals surface area contributed by atoms with Gasteiger partial charge in [0.25, 0.3) is 5.56 Å². The maximum Gasteiger partial charge on any atom is 0.265 e. The van der Waals surface area contributed by atoms with E-state index in [1.807, 2.05) is 53.4 Å². The van der Waals surface area contributed by atoms with Crippen LogP contribution in [0, 0.1) is 0 Å². The number of benzene rings is 2. The van der Waals surface area contributed by atoms with Crippen LogP contribution in [-0.4, -0.2) is 37.0 Å². The topological polar surface area (TPSA) is 73.0 Å². The lowest BCUT2D eigenvalue weighted by molar-refractivity contribution is -0.119. The zero-order chi connectivity index (χ0) is 21.8. The van der Waals surface area contributed by atoms with Gasteiger partial charge in [-0.05, 0) is 37.1 Å². The van der Waals surface area contributed by atoms with E-state index in [-0.39, 0.29) is 30.0 Å². The van der Waals surface area contributed by atoms with Crippen LogP contribution in [0.4, 0.5) is 5.69 Å². The van der Waals surface area contributed by atoms with Gasteiger partial charge in [0.15, 0.2) is 10.8 Å². The Bertz CT molecular complexity index is 1410. The molecule has 2 aromatic carbocycles. The highest BCUT2D eigenvalue weighted by molar-refractivity contribution is 7.99. The second-order valence-corrected chi connectivity index (χ2v) is 9.30. The van der Waals surface area contributed by atoms with Gasteiger partial charge in [0, 0.05) is 23.9 Å². The van der Waals surface area contributed by atoms with Crippen LogP contribution >= 0.6 is 11.8 Å². The first-order valence-corrected chi connectivity index (χ1v) is 11.7. The van der Waals surface area contributed by atoms with E-state index >= 15 is 0 Å². The summed E-state index contributed by atoms with van der Waals surface area (Å²) in [5.41, 5.74) is 3.46. The van der Waals surface area contributed by atoms with Crippen molar-refractivity contribution >= 4 is 34.4 Å². The van der Waals surface area contributed by atoms with Crippen molar-refractivity contribution in [1.82, 2.24) is 19.3 Å². The number of fused-ring (bicyclic) bond motifs is 3. The molecule has 0 saturated heterocycles. The molecule has 32 heavy (non-hydrogen) atoms. The number of carbonyl (C=O) groups excluding carboxylic acids is 1. The van der Waals surface area contributed by atoms with E-state index in [2.05, 4.69) is 18.1 Å². The molecule has 0 radical (unpaired) electrons. The Hall–Kier alpha value is -3.39. The van der Waals surface area contributed by atoms with Crippen molar-refractivity contribution < 1.29 is 4.79 Å². The maximum absolute atomic E-state index is 13.4. The van der Waals surface area contributed by atoms with Crippen molar-refractivity contribution in [3.05, 3.63) is 76.7 Å². The van der Waals surface area contributed by atoms with Gasteiger partial charge >= 0.3 is 0 Å². The molecule has 6 rings (SSSR count). The smallest absolute Gasteiger partial charge is 0.265 e. The summed E-state index contributed by atoms with van der Waals surface area (Å²) in [7, 11) is 0. The summed E-state index contributed by atoms with van der Waals surface area (Å²) < 4.78 is 3.38. The molecule has 0 N–H and O–H groups in total. The Kier molecular flexibility index (Phi) is 4.43. The number of hydrogen-bond donors (Lipinski definition) is 0. The highest BCUT2D eigenvalue weighted by atomic mass is 32.2. The highest BCUT2D eigenvalue weighted by Gasteiger charge is 2.35. The molecule has 0 saturated carbocycles. The van der Waals surface area contributed by atoms with Gasteiger partial charge in [-0.2, -0.15) is 5.10 Å². The minimum absolute atomic E-state index is 0.0490. The Morgan fingerprint density at radius 2 is 1.91 bits per heavy atom. The lowest BCUT2D eigenvalue weighted by Gasteiger charge is -2.24. The van der Waals surface area contributed by atoms with E-state index in [9.17, 15) is 9.59 Å². The van der Waals surface area contributed by atoms with Crippen LogP contribution in [0.25, 0.3) is 16.7 Å². The summed E-state index contributed by atoms with van der Waals surface area (Å²) in [6.45, 7) is 2.07. The van der Waals surface area contributed by atoms with Crippen LogP contribution in [0.15, 0.2) is 70.7 Å². The number of nitrogens with zero attached hydrogens (tertiary/aromatic N) is 5. The van der Waals surface area contributed by atoms with Gasteiger partial charge in [-0.25, -0.2) is 9.67 Å². The molecule has 8 heteroatoms. The quantitative estimate of drug-likeness (QED) is 0.453. The molecule has 4 aromatic rings. The van der Waals surface area contributed by atoms with Crippen LogP contribution in [0.2, 0.25) is 0 Å². The standard InChI is InChI=1S/C24H21N5O2S/c1-15-11-16-7-5-6-10-20(16)27(15)21(30)12-18-14-32-24-26-22-19(23(31)28(18)24)13-25-29(22)17-8-3-2-4-9-17/h2-10,13,15,18H,11-12,14H2,1H3/t15-,18+/m1/s1. The molecule has 7 nitrogen and oxygen atoms in total. The first-order chi connectivity index (χ1) is 15.6. The molecule has 2 atom stereocenters. The van der Waals surface area contributed by atoms with Crippen LogP contribution in [0.3, 0.4) is 0 Å². The molecule has 2 aliphatic heterocycles. The number of anilines is 1. The summed E-state index contributed by atoms with van der Waals surface area (Å²) >= 11 is 1.52. The fraction of sp³-hybridized carbons (Fsp3) is 0.250. The molecular formula is C24H21N5O2S. The molecule has 0 bridgehead atoms. The fourth-order valence-electron chi connectivity index (χ4n) is 4.78. The van der Waals surface area contributed by atoms with Gasteiger partial charge in [0.2, 0.25) is 5.91 Å². The summed E-state index contributed by atoms with van der Waals surface area (Å²) in [4.78, 5) is 33.3. The number of thioether (sulfide) groups is 1. The van der Waals surface area contributed by atoms with Gasteiger partial charge < -0.3 is 4.90 Å². The lowest BCUT2D eigenvalue weighted by atomic mass is 10.1. The Balaban J connectivity index is 1.34. The van der Waals surface area contributed by atoms with E-state index in [4.69, 9.17) is 4.98 Å². The van der Waals surface area contributed by atoms with Gasteiger partial charge in [-0.1, -0.05) is 48.2 Å². The van der Waals surface area contributed by atoms with Gasteiger partial charge in [0.05, 0.1) is 17.9 Å². The minimum Gasteiger partial charge on any atom is -0.309 e. The molecule has 0 unspecified atom stereocenters. The first kappa shape index (κ1) is 19.3. The van der Waals surface area contributed by atoms with Crippen molar-refractivity contribution in [3.8, 4) is 5.69 Å². The number of aromatic nitrogens is 4. The van der Waals surface area contributed by atoms with E-state index in [1.165, 1.54) is 17.3 Å². The predicted octanol–water partition coefficient (Wildman–Crippen LogP) is 3.60. The molecule has 2 aliphatic rings. The van der Waals surface area contributed by atoms with Crippen molar-refractivity contribution in [2.24, 2.45) is 0 Å². The third-order valence-electron chi connectivity index (χ3n) is 6.26. The average molecular weight is 444 g/mol. The molecule has 0 fully saturated rings. The largest absolute Gasteiger partial charge is 0.309 e. The number of amides is 1. The van der Waals surface area contributed by atoms with Crippen LogP contribution < -0.4 is 10.5 Å². The Morgan fingerprint density at radius 3 is 2.75 bits per heavy atom. The summed E-state index contributed by atoms with van der Waals surface area (Å²) in [6.07, 6.45) is 2.71. The predicted molar refractivity (Wildman–Crippen MR) is 125 cm³/mol. The molecule has 1 amide bonds. The number of para-hydroxylation sites is 2. The molecule has 160 valence electrons. The number of carbonyl (C=O) groups is 1. The molecular weight excluding hydrogens is 422 g/mol. The third kappa shape index (κ3) is 2.90. The minimum atomic E-state index is -0.216. The molecule has 0 aliphatic carbocycles. The molecule has 2 aromatic heterocycles. The highest BCUT2D eigenvalue weighted by Crippen LogP contribution is 2.37. The second kappa shape index (κ2) is 7.34. The zero-order valence-electron chi connectivity index (χ0n) is 17.5. The average Bonchev–Trinajstić information content (AvgIpc) is 3.49. The van der Waals surface area contributed by atoms with Crippen molar-refractivity contribution in [2.45, 2.75) is 37.0 Å². The third-order valence-corrected chi connectivity index (χ3v) is 7.36. The van der Waals surface area contributed by atoms with Crippen molar-refractivity contribution in [1.29, 1.82) is 0 Å². The van der Waals surface area contributed by atoms with Crippen LogP contribution in [0.1, 0.15) is 24.9 Å². The summed E-state index contributed by atoms with van der Waals surface area (Å²) in [5, 5.41) is 5.52. The fourth-order valence-corrected chi connectivity index (χ4v) is 5.91. The van der Waals surface area contributed by atoms with Crippen LogP contribution in [0.5, 0.6) is 0 Å². The van der Waals surface area contributed by atoms with Gasteiger partial charge in [-0.3, -0.25) is 14.2 Å². The van der Waals surface area contributed by atoms with Crippen molar-refractivity contribution in [2.75, 3.05) is 10.7 Å². The summed E-state index contributed by atoms with van der Waals surface area (Å²) in [5.74, 6) is 0.705. The lowest BCUT2D eigenvalue weighted by Crippen LogP contribution is -2.38. The van der Waals surface area contributed by atoms with Gasteiger partial charge in [0.1, 0.15) is 5.39 Å². The first-order valence-electron chi connectivity index (χ1n) is 10.7. The Morgan fingerprint density at radius 1 is 1.12 bits per heavy atom. The maximum atomic E-state index is 13.4. The summed E-state index contributed by atoms with van der Waals surface area (Å²) in [6, 6.07) is 17.6. The zero-order valence-corrected chi connectivity index (χ0v) is 18.3. The van der Waals surface area contributed by atoms with E-state index in [1.54, 1.807) is 15.4 Å². The number of rotatable bonds is 3. The van der Waals surface area contributed by atoms with E-state index < -0.39 is 0 Å². The number of hydrogen-bond acceptors (Lipinski definition) is 5. The monoisotopic (exact) mass is 443 g/mol. The molecule has 4 heterocycles. The van der Waals surface area contributed by atoms with Crippen molar-refractivity contribution in [3.63, 3.8) is 0 Å². The second-order valence-electron chi connectivity index (χ2n) is 8.31.